The number of thioether (sulfide) groups is 1. The Bertz CT molecular complexity index is 481. The molecule has 3 aliphatic rings. The zero-order chi connectivity index (χ0) is 12.8. The minimum absolute atomic E-state index is 0.0480. The van der Waals surface area contributed by atoms with E-state index in [0.29, 0.717) is 5.92 Å². The van der Waals surface area contributed by atoms with Crippen LogP contribution in [0.2, 0.25) is 0 Å². The second kappa shape index (κ2) is 4.14. The number of hydrogen-bond donors (Lipinski definition) is 1. The molecule has 0 saturated heterocycles. The van der Waals surface area contributed by atoms with Gasteiger partial charge in [-0.2, -0.15) is 0 Å². The molecule has 1 aromatic carbocycles. The molecule has 4 rings (SSSR count). The van der Waals surface area contributed by atoms with Gasteiger partial charge in [0, 0.05) is 16.1 Å². The summed E-state index contributed by atoms with van der Waals surface area (Å²) in [5.41, 5.74) is 0.686. The predicted molar refractivity (Wildman–Crippen MR) is 76.7 cm³/mol. The molecule has 1 aromatic rings. The van der Waals surface area contributed by atoms with Crippen molar-refractivity contribution in [3.63, 3.8) is 0 Å². The Labute approximate surface area is 113 Å². The molecule has 96 valence electrons. The average Bonchev–Trinajstić information content (AvgIpc) is 2.40. The van der Waals surface area contributed by atoms with E-state index in [1.165, 1.54) is 10.5 Å². The summed E-state index contributed by atoms with van der Waals surface area (Å²) in [6.45, 7) is 4.34. The van der Waals surface area contributed by atoms with E-state index in [2.05, 4.69) is 44.2 Å². The number of fused-ring (bicyclic) bond motifs is 1. The fraction of sp³-hybridized carbons (Fsp3) is 0.500. The molecule has 1 N–H and O–H groups in total. The van der Waals surface area contributed by atoms with Gasteiger partial charge >= 0.3 is 0 Å². The van der Waals surface area contributed by atoms with Crippen LogP contribution < -0.4 is 0 Å². The number of allylic oxidation sites excluding steroid dienone is 1. The molecule has 0 heterocycles. The van der Waals surface area contributed by atoms with Crippen molar-refractivity contribution in [3.8, 4) is 0 Å². The van der Waals surface area contributed by atoms with Crippen molar-refractivity contribution in [3.05, 3.63) is 42.0 Å². The average molecular weight is 260 g/mol. The standard InChI is InChI=1S/C16H20OS/c1-12-8-9-13-10-16(12,17)15(13,2)11-18-14-6-4-3-5-7-14/h3-8,13,17H,9-11H2,1-2H3/t13-,15-,16?/m0/s1. The lowest BCUT2D eigenvalue weighted by atomic mass is 9.46. The third kappa shape index (κ3) is 1.59. The zero-order valence-corrected chi connectivity index (χ0v) is 11.8. The molecule has 2 heteroatoms. The van der Waals surface area contributed by atoms with Crippen molar-refractivity contribution in [2.75, 3.05) is 5.75 Å². The van der Waals surface area contributed by atoms with E-state index < -0.39 is 5.60 Å². The third-order valence-electron chi connectivity index (χ3n) is 5.03. The van der Waals surface area contributed by atoms with E-state index in [9.17, 15) is 5.11 Å². The molecule has 1 unspecified atom stereocenters. The Balaban J connectivity index is 1.76. The molecule has 1 nitrogen and oxygen atoms in total. The van der Waals surface area contributed by atoms with Gasteiger partial charge in [0.1, 0.15) is 0 Å². The Morgan fingerprint density at radius 1 is 1.33 bits per heavy atom. The normalized spacial score (nSPS) is 37.9. The quantitative estimate of drug-likeness (QED) is 0.657. The molecular formula is C16H20OS. The second-order valence-corrected chi connectivity index (χ2v) is 6.95. The van der Waals surface area contributed by atoms with Crippen LogP contribution in [0.5, 0.6) is 0 Å². The number of benzene rings is 1. The van der Waals surface area contributed by atoms with Crippen LogP contribution in [-0.2, 0) is 0 Å². The molecule has 0 spiro atoms. The number of hydrogen-bond acceptors (Lipinski definition) is 2. The molecule has 2 bridgehead atoms. The zero-order valence-electron chi connectivity index (χ0n) is 11.0. The van der Waals surface area contributed by atoms with Gasteiger partial charge in [0.15, 0.2) is 0 Å². The van der Waals surface area contributed by atoms with Crippen molar-refractivity contribution in [2.24, 2.45) is 11.3 Å². The summed E-state index contributed by atoms with van der Waals surface area (Å²) in [6.07, 6.45) is 4.32. The van der Waals surface area contributed by atoms with Crippen molar-refractivity contribution < 1.29 is 5.11 Å². The van der Waals surface area contributed by atoms with Crippen LogP contribution in [0.15, 0.2) is 46.9 Å². The van der Waals surface area contributed by atoms with E-state index in [1.54, 1.807) is 0 Å². The highest BCUT2D eigenvalue weighted by Gasteiger charge is 2.63. The van der Waals surface area contributed by atoms with Crippen LogP contribution in [0.1, 0.15) is 26.7 Å². The SMILES string of the molecule is CC1=CC[C@H]2CC1(O)[C@@]2(C)CSc1ccccc1. The molecule has 1 fully saturated rings. The molecular weight excluding hydrogens is 240 g/mol. The largest absolute Gasteiger partial charge is 0.385 e. The van der Waals surface area contributed by atoms with E-state index in [0.717, 1.165) is 18.6 Å². The Hall–Kier alpha value is -0.730. The number of aliphatic hydroxyl groups is 1. The van der Waals surface area contributed by atoms with E-state index in [-0.39, 0.29) is 5.41 Å². The van der Waals surface area contributed by atoms with Crippen molar-refractivity contribution in [1.29, 1.82) is 0 Å². The van der Waals surface area contributed by atoms with Gasteiger partial charge in [0.25, 0.3) is 0 Å². The first-order valence-electron chi connectivity index (χ1n) is 6.64. The van der Waals surface area contributed by atoms with Crippen LogP contribution in [0.3, 0.4) is 0 Å². The van der Waals surface area contributed by atoms with Gasteiger partial charge in [-0.1, -0.05) is 31.2 Å². The summed E-state index contributed by atoms with van der Waals surface area (Å²) in [7, 11) is 0. The van der Waals surface area contributed by atoms with Crippen molar-refractivity contribution >= 4 is 11.8 Å². The van der Waals surface area contributed by atoms with Gasteiger partial charge in [-0.3, -0.25) is 0 Å². The van der Waals surface area contributed by atoms with Gasteiger partial charge in [-0.15, -0.1) is 11.8 Å². The van der Waals surface area contributed by atoms with Gasteiger partial charge in [-0.25, -0.2) is 0 Å². The highest BCUT2D eigenvalue weighted by molar-refractivity contribution is 7.99. The van der Waals surface area contributed by atoms with Crippen LogP contribution in [0.25, 0.3) is 0 Å². The Morgan fingerprint density at radius 2 is 2.06 bits per heavy atom. The van der Waals surface area contributed by atoms with Gasteiger partial charge < -0.3 is 5.11 Å². The predicted octanol–water partition coefficient (Wildman–Crippen LogP) is 3.89. The first-order valence-corrected chi connectivity index (χ1v) is 7.62. The molecule has 3 aliphatic carbocycles. The Morgan fingerprint density at radius 3 is 2.72 bits per heavy atom. The number of rotatable bonds is 3. The highest BCUT2D eigenvalue weighted by Crippen LogP contribution is 2.63. The van der Waals surface area contributed by atoms with Gasteiger partial charge in [0.05, 0.1) is 5.60 Å². The lowest BCUT2D eigenvalue weighted by Gasteiger charge is -2.63. The van der Waals surface area contributed by atoms with Crippen molar-refractivity contribution in [1.82, 2.24) is 0 Å². The molecule has 18 heavy (non-hydrogen) atoms. The molecule has 3 atom stereocenters. The summed E-state index contributed by atoms with van der Waals surface area (Å²) < 4.78 is 0. The maximum Gasteiger partial charge on any atom is 0.0921 e. The summed E-state index contributed by atoms with van der Waals surface area (Å²) in [6, 6.07) is 10.5. The summed E-state index contributed by atoms with van der Waals surface area (Å²) in [4.78, 5) is 1.30. The third-order valence-corrected chi connectivity index (χ3v) is 6.38. The minimum atomic E-state index is -0.544. The van der Waals surface area contributed by atoms with E-state index >= 15 is 0 Å². The maximum atomic E-state index is 10.8. The van der Waals surface area contributed by atoms with E-state index in [4.69, 9.17) is 0 Å². The molecule has 0 aliphatic heterocycles. The van der Waals surface area contributed by atoms with Crippen LogP contribution in [0.4, 0.5) is 0 Å². The summed E-state index contributed by atoms with van der Waals surface area (Å²) in [5.74, 6) is 1.66. The Kier molecular flexibility index (Phi) is 2.83. The molecule has 0 amide bonds. The monoisotopic (exact) mass is 260 g/mol. The van der Waals surface area contributed by atoms with Crippen LogP contribution >= 0.6 is 11.8 Å². The lowest BCUT2D eigenvalue weighted by molar-refractivity contribution is -0.172. The molecule has 0 aromatic heterocycles. The topological polar surface area (TPSA) is 20.2 Å². The highest BCUT2D eigenvalue weighted by atomic mass is 32.2. The molecule has 0 radical (unpaired) electrons. The second-order valence-electron chi connectivity index (χ2n) is 5.90. The minimum Gasteiger partial charge on any atom is -0.385 e. The summed E-state index contributed by atoms with van der Waals surface area (Å²) >= 11 is 1.87. The van der Waals surface area contributed by atoms with Crippen molar-refractivity contribution in [2.45, 2.75) is 37.2 Å². The smallest absolute Gasteiger partial charge is 0.0921 e. The first kappa shape index (κ1) is 12.3. The van der Waals surface area contributed by atoms with Crippen LogP contribution in [-0.4, -0.2) is 16.5 Å². The fourth-order valence-corrected chi connectivity index (χ4v) is 4.74. The van der Waals surface area contributed by atoms with Gasteiger partial charge in [0.2, 0.25) is 0 Å². The summed E-state index contributed by atoms with van der Waals surface area (Å²) in [5, 5.41) is 10.8. The maximum absolute atomic E-state index is 10.8. The van der Waals surface area contributed by atoms with Gasteiger partial charge in [-0.05, 0) is 43.4 Å². The molecule has 1 saturated carbocycles. The lowest BCUT2D eigenvalue weighted by Crippen LogP contribution is -2.65. The fourth-order valence-electron chi connectivity index (χ4n) is 3.45. The van der Waals surface area contributed by atoms with Crippen LogP contribution in [0, 0.1) is 11.3 Å². The van der Waals surface area contributed by atoms with E-state index in [1.807, 2.05) is 17.8 Å². The first-order chi connectivity index (χ1) is 8.56.